The van der Waals surface area contributed by atoms with Crippen LogP contribution in [0.5, 0.6) is 11.5 Å². The molecule has 2 amide bonds. The zero-order valence-electron chi connectivity index (χ0n) is 37.9. The van der Waals surface area contributed by atoms with Crippen LogP contribution in [-0.4, -0.2) is 118 Å². The monoisotopic (exact) mass is 904 g/mol. The van der Waals surface area contributed by atoms with E-state index in [0.29, 0.717) is 49.3 Å². The number of likely N-dealkylation sites (N-methyl/N-ethyl adjacent to an activating group) is 1. The molecule has 0 aliphatic carbocycles. The Kier molecular flexibility index (Phi) is 12.2. The van der Waals surface area contributed by atoms with Gasteiger partial charge in [-0.15, -0.1) is 0 Å². The Morgan fingerprint density at radius 1 is 0.627 bits per heavy atom. The maximum atomic E-state index is 13.6. The van der Waals surface area contributed by atoms with Crippen molar-refractivity contribution in [2.24, 2.45) is 9.98 Å². The number of halogens is 2. The van der Waals surface area contributed by atoms with Crippen molar-refractivity contribution in [1.82, 2.24) is 39.1 Å². The number of fused-ring (bicyclic) bond motifs is 2. The molecule has 2 aromatic heterocycles. The van der Waals surface area contributed by atoms with E-state index in [0.717, 1.165) is 58.1 Å². The summed E-state index contributed by atoms with van der Waals surface area (Å²) in [5.74, 6) is 1.49. The van der Waals surface area contributed by atoms with E-state index in [-0.39, 0.29) is 23.4 Å². The Bertz CT molecular complexity index is 2960. The van der Waals surface area contributed by atoms with Gasteiger partial charge in [0, 0.05) is 51.7 Å². The number of imidazole rings is 2. The number of rotatable bonds is 10. The first-order chi connectivity index (χ1) is 32.4. The third-order valence-corrected chi connectivity index (χ3v) is 12.6. The second-order valence-electron chi connectivity index (χ2n) is 16.9. The molecule has 2 fully saturated rings. The van der Waals surface area contributed by atoms with Crippen molar-refractivity contribution < 1.29 is 27.8 Å². The number of aryl methyl sites for hydroxylation is 2. The van der Waals surface area contributed by atoms with Gasteiger partial charge in [0.15, 0.2) is 11.1 Å². The smallest absolute Gasteiger partial charge is 0.279 e. The quantitative estimate of drug-likeness (QED) is 0.162. The highest BCUT2D eigenvalue weighted by Crippen LogP contribution is 2.40. The van der Waals surface area contributed by atoms with Crippen molar-refractivity contribution in [3.05, 3.63) is 167 Å². The molecule has 14 nitrogen and oxygen atoms in total. The zero-order valence-corrected chi connectivity index (χ0v) is 37.9. The van der Waals surface area contributed by atoms with Gasteiger partial charge in [0.05, 0.1) is 49.6 Å². The average Bonchev–Trinajstić information content (AvgIpc) is 4.11. The number of aromatic nitrogens is 4. The fourth-order valence-electron chi connectivity index (χ4n) is 9.20. The number of methoxy groups -OCH3 is 2. The molecule has 2 unspecified atom stereocenters. The van der Waals surface area contributed by atoms with Gasteiger partial charge in [-0.1, -0.05) is 48.6 Å². The van der Waals surface area contributed by atoms with Crippen LogP contribution in [0, 0.1) is 25.5 Å². The molecule has 0 bridgehead atoms. The topological polar surface area (TPSA) is 135 Å². The van der Waals surface area contributed by atoms with E-state index in [9.17, 15) is 18.4 Å². The van der Waals surface area contributed by atoms with Crippen LogP contribution in [0.1, 0.15) is 33.6 Å². The van der Waals surface area contributed by atoms with Crippen LogP contribution in [0.25, 0.3) is 23.5 Å². The number of ether oxygens (including phenoxy) is 2. The molecule has 1 N–H and O–H groups in total. The van der Waals surface area contributed by atoms with Gasteiger partial charge in [0.25, 0.3) is 11.8 Å². The number of carbonyl (C=O) groups excluding carboxylic acids is 2. The molecule has 6 aromatic rings. The highest BCUT2D eigenvalue weighted by Gasteiger charge is 2.54. The maximum Gasteiger partial charge on any atom is 0.279 e. The molecular formula is C51H50F2N10O4. The summed E-state index contributed by atoms with van der Waals surface area (Å²) in [5.41, 5.74) is 5.04. The third kappa shape index (κ3) is 8.45. The molecule has 4 aliphatic rings. The summed E-state index contributed by atoms with van der Waals surface area (Å²) < 4.78 is 42.1. The summed E-state index contributed by atoms with van der Waals surface area (Å²) in [7, 11) is 5.25. The fourth-order valence-corrected chi connectivity index (χ4v) is 9.20. The minimum Gasteiger partial charge on any atom is -0.495 e. The van der Waals surface area contributed by atoms with Crippen molar-refractivity contribution in [3.63, 3.8) is 0 Å². The lowest BCUT2D eigenvalue weighted by Gasteiger charge is -2.45. The number of carbonyl (C=O) groups is 2. The van der Waals surface area contributed by atoms with Crippen molar-refractivity contribution in [2.75, 3.05) is 60.5 Å². The number of benzene rings is 4. The Morgan fingerprint density at radius 3 is 1.58 bits per heavy atom. The van der Waals surface area contributed by atoms with E-state index < -0.39 is 11.1 Å². The second kappa shape index (κ2) is 18.4. The molecule has 342 valence electrons. The van der Waals surface area contributed by atoms with E-state index >= 15 is 0 Å². The van der Waals surface area contributed by atoms with Crippen molar-refractivity contribution >= 4 is 35.6 Å². The summed E-state index contributed by atoms with van der Waals surface area (Å²) in [5, 5.41) is 3.30. The number of amidine groups is 2. The van der Waals surface area contributed by atoms with Crippen LogP contribution in [0.2, 0.25) is 0 Å². The number of amides is 2. The molecule has 4 aromatic carbocycles. The molecule has 2 atom stereocenters. The SMILES string of the molecule is COc1cc(/C=C/C2=NC(=O)C3(c4ccc(F)cc4)CN(C)CCN23)ccc1-n1cnc(C)c1.COc1cc(/C=C/C2=NC(=O)C3(c4ccc(F)cc4)CNCCN23)ccc1-n1cnc(C)c1. The predicted molar refractivity (Wildman–Crippen MR) is 253 cm³/mol. The lowest BCUT2D eigenvalue weighted by molar-refractivity contribution is -0.129. The molecule has 6 heterocycles. The van der Waals surface area contributed by atoms with Crippen LogP contribution < -0.4 is 14.8 Å². The van der Waals surface area contributed by atoms with E-state index in [4.69, 9.17) is 9.47 Å². The molecule has 0 saturated carbocycles. The number of nitrogens with zero attached hydrogens (tertiary/aromatic N) is 9. The maximum absolute atomic E-state index is 13.6. The van der Waals surface area contributed by atoms with Gasteiger partial charge >= 0.3 is 0 Å². The van der Waals surface area contributed by atoms with E-state index in [1.165, 1.54) is 24.3 Å². The largest absolute Gasteiger partial charge is 0.495 e. The molecule has 67 heavy (non-hydrogen) atoms. The summed E-state index contributed by atoms with van der Waals surface area (Å²) in [6.45, 7) is 7.58. The van der Waals surface area contributed by atoms with Gasteiger partial charge < -0.3 is 38.6 Å². The predicted octanol–water partition coefficient (Wildman–Crippen LogP) is 6.50. The highest BCUT2D eigenvalue weighted by atomic mass is 19.1. The first-order valence-corrected chi connectivity index (χ1v) is 21.9. The highest BCUT2D eigenvalue weighted by molar-refractivity contribution is 6.13. The minimum absolute atomic E-state index is 0.228. The molecule has 16 heteroatoms. The first kappa shape index (κ1) is 44.6. The van der Waals surface area contributed by atoms with Gasteiger partial charge in [0.1, 0.15) is 34.8 Å². The number of aliphatic imine (C=N–C) groups is 2. The van der Waals surface area contributed by atoms with E-state index in [1.54, 1.807) is 51.1 Å². The standard InChI is InChI=1S/C26H26FN5O2.C25H24FN5O2/c1-18-15-31(17-28-18)22-10-4-19(14-23(22)34-3)5-11-24-29-25(33)26(16-30(2)12-13-32(24)26)20-6-8-21(27)9-7-20;1-17-14-30(16-28-17)21-9-3-18(13-22(21)33-2)4-10-23-29-24(32)25(15-27-11-12-31(23)25)19-5-7-20(26)8-6-19/h4-11,14-15,17H,12-13,16H2,1-3H3;3-10,13-14,16,27H,11-12,15H2,1-2H3/b11-5+;10-4+. The molecule has 4 aliphatic heterocycles. The Labute approximate surface area is 387 Å². The van der Waals surface area contributed by atoms with Crippen LogP contribution in [-0.2, 0) is 20.7 Å². The van der Waals surface area contributed by atoms with Gasteiger partial charge in [0.2, 0.25) is 0 Å². The van der Waals surface area contributed by atoms with E-state index in [2.05, 4.69) is 30.2 Å². The number of hydrogen-bond donors (Lipinski definition) is 1. The Morgan fingerprint density at radius 2 is 1.10 bits per heavy atom. The number of nitrogens with one attached hydrogen (secondary N) is 1. The van der Waals surface area contributed by atoms with Crippen molar-refractivity contribution in [3.8, 4) is 22.9 Å². The zero-order chi connectivity index (χ0) is 46.9. The molecule has 0 spiro atoms. The Hall–Kier alpha value is -7.56. The number of piperazine rings is 2. The molecule has 2 saturated heterocycles. The number of hydrogen-bond acceptors (Lipinski definition) is 10. The minimum atomic E-state index is -0.952. The van der Waals surface area contributed by atoms with Crippen molar-refractivity contribution in [1.29, 1.82) is 0 Å². The van der Waals surface area contributed by atoms with Gasteiger partial charge in [-0.2, -0.15) is 9.98 Å². The summed E-state index contributed by atoms with van der Waals surface area (Å²) >= 11 is 0. The summed E-state index contributed by atoms with van der Waals surface area (Å²) in [6.07, 6.45) is 14.9. The average molecular weight is 905 g/mol. The van der Waals surface area contributed by atoms with Crippen LogP contribution in [0.3, 0.4) is 0 Å². The molecular weight excluding hydrogens is 855 g/mol. The van der Waals surface area contributed by atoms with Crippen LogP contribution in [0.15, 0.2) is 132 Å². The first-order valence-electron chi connectivity index (χ1n) is 21.9. The normalized spacial score (nSPS) is 20.5. The lowest BCUT2D eigenvalue weighted by atomic mass is 9.85. The lowest BCUT2D eigenvalue weighted by Crippen LogP contribution is -2.60. The van der Waals surface area contributed by atoms with Gasteiger partial charge in [-0.3, -0.25) is 9.59 Å². The molecule has 10 rings (SSSR count). The summed E-state index contributed by atoms with van der Waals surface area (Å²) in [6, 6.07) is 24.0. The third-order valence-electron chi connectivity index (χ3n) is 12.6. The van der Waals surface area contributed by atoms with E-state index in [1.807, 2.05) is 113 Å². The fraction of sp³-hybridized carbons (Fsp3) is 0.255. The molecule has 0 radical (unpaired) electrons. The van der Waals surface area contributed by atoms with Crippen LogP contribution in [0.4, 0.5) is 8.78 Å². The van der Waals surface area contributed by atoms with Gasteiger partial charge in [-0.25, -0.2) is 18.7 Å². The van der Waals surface area contributed by atoms with Crippen molar-refractivity contribution in [2.45, 2.75) is 24.9 Å². The van der Waals surface area contributed by atoms with Crippen LogP contribution >= 0.6 is 0 Å². The van der Waals surface area contributed by atoms with Gasteiger partial charge in [-0.05, 0) is 104 Å². The second-order valence-corrected chi connectivity index (χ2v) is 16.9. The Balaban J connectivity index is 0.000000168. The summed E-state index contributed by atoms with van der Waals surface area (Å²) in [4.78, 5) is 49.9.